The SMILES string of the molecule is COc1ccc2c(c1)nc(CCCl)n2-c1cccc(Cl)c1. The van der Waals surface area contributed by atoms with E-state index in [1.54, 1.807) is 7.11 Å². The molecule has 0 bridgehead atoms. The van der Waals surface area contributed by atoms with Gasteiger partial charge in [-0.25, -0.2) is 4.98 Å². The Labute approximate surface area is 133 Å². The predicted molar refractivity (Wildman–Crippen MR) is 87.1 cm³/mol. The van der Waals surface area contributed by atoms with Crippen LogP contribution in [0.4, 0.5) is 0 Å². The van der Waals surface area contributed by atoms with Crippen LogP contribution in [0, 0.1) is 0 Å². The molecule has 21 heavy (non-hydrogen) atoms. The fourth-order valence-corrected chi connectivity index (χ4v) is 2.75. The van der Waals surface area contributed by atoms with Crippen LogP contribution < -0.4 is 4.74 Å². The molecule has 0 fully saturated rings. The Morgan fingerprint density at radius 1 is 1.19 bits per heavy atom. The monoisotopic (exact) mass is 320 g/mol. The molecule has 0 N–H and O–H groups in total. The average Bonchev–Trinajstić information content (AvgIpc) is 2.84. The highest BCUT2D eigenvalue weighted by atomic mass is 35.5. The molecule has 108 valence electrons. The van der Waals surface area contributed by atoms with Crippen LogP contribution in [0.1, 0.15) is 5.82 Å². The lowest BCUT2D eigenvalue weighted by molar-refractivity contribution is 0.415. The Morgan fingerprint density at radius 3 is 2.76 bits per heavy atom. The molecule has 0 radical (unpaired) electrons. The third-order valence-electron chi connectivity index (χ3n) is 3.32. The number of benzene rings is 2. The summed E-state index contributed by atoms with van der Waals surface area (Å²) in [5, 5.41) is 0.694. The van der Waals surface area contributed by atoms with E-state index in [1.165, 1.54) is 0 Å². The van der Waals surface area contributed by atoms with Crippen LogP contribution in [0.25, 0.3) is 16.7 Å². The van der Waals surface area contributed by atoms with Crippen molar-refractivity contribution in [2.24, 2.45) is 0 Å². The number of aromatic nitrogens is 2. The van der Waals surface area contributed by atoms with Gasteiger partial charge >= 0.3 is 0 Å². The lowest BCUT2D eigenvalue weighted by Gasteiger charge is -2.09. The zero-order valence-electron chi connectivity index (χ0n) is 11.5. The van der Waals surface area contributed by atoms with Crippen molar-refractivity contribution in [3.8, 4) is 11.4 Å². The van der Waals surface area contributed by atoms with Gasteiger partial charge < -0.3 is 4.74 Å². The maximum atomic E-state index is 6.11. The minimum Gasteiger partial charge on any atom is -0.497 e. The fraction of sp³-hybridized carbons (Fsp3) is 0.188. The highest BCUT2D eigenvalue weighted by Crippen LogP contribution is 2.26. The molecule has 3 aromatic rings. The maximum Gasteiger partial charge on any atom is 0.121 e. The minimum absolute atomic E-state index is 0.515. The van der Waals surface area contributed by atoms with Crippen molar-refractivity contribution in [3.63, 3.8) is 0 Å². The van der Waals surface area contributed by atoms with E-state index in [9.17, 15) is 0 Å². The third kappa shape index (κ3) is 2.71. The van der Waals surface area contributed by atoms with Crippen molar-refractivity contribution >= 4 is 34.2 Å². The van der Waals surface area contributed by atoms with Crippen molar-refractivity contribution in [1.29, 1.82) is 0 Å². The average molecular weight is 321 g/mol. The first-order chi connectivity index (χ1) is 10.2. The number of rotatable bonds is 4. The first kappa shape index (κ1) is 14.2. The summed E-state index contributed by atoms with van der Waals surface area (Å²) in [5.74, 6) is 2.22. The minimum atomic E-state index is 0.515. The van der Waals surface area contributed by atoms with Crippen LogP contribution in [0.2, 0.25) is 5.02 Å². The Morgan fingerprint density at radius 2 is 2.05 bits per heavy atom. The van der Waals surface area contributed by atoms with Crippen LogP contribution in [-0.2, 0) is 6.42 Å². The molecule has 5 heteroatoms. The number of hydrogen-bond donors (Lipinski definition) is 0. The zero-order chi connectivity index (χ0) is 14.8. The van der Waals surface area contributed by atoms with Crippen LogP contribution >= 0.6 is 23.2 Å². The molecular formula is C16H14Cl2N2O. The number of methoxy groups -OCH3 is 1. The second kappa shape index (κ2) is 5.96. The lowest BCUT2D eigenvalue weighted by atomic mass is 10.2. The van der Waals surface area contributed by atoms with Gasteiger partial charge in [0.25, 0.3) is 0 Å². The van der Waals surface area contributed by atoms with Gasteiger partial charge in [-0.2, -0.15) is 0 Å². The molecule has 0 aliphatic rings. The highest BCUT2D eigenvalue weighted by Gasteiger charge is 2.13. The van der Waals surface area contributed by atoms with E-state index < -0.39 is 0 Å². The second-order valence-corrected chi connectivity index (χ2v) is 5.45. The van der Waals surface area contributed by atoms with E-state index in [1.807, 2.05) is 42.5 Å². The number of alkyl halides is 1. The van der Waals surface area contributed by atoms with E-state index in [0.29, 0.717) is 17.3 Å². The summed E-state index contributed by atoms with van der Waals surface area (Å²) in [5.41, 5.74) is 2.88. The summed E-state index contributed by atoms with van der Waals surface area (Å²) in [6.07, 6.45) is 0.686. The summed E-state index contributed by atoms with van der Waals surface area (Å²) in [7, 11) is 1.65. The van der Waals surface area contributed by atoms with Gasteiger partial charge in [0.2, 0.25) is 0 Å². The van der Waals surface area contributed by atoms with E-state index in [-0.39, 0.29) is 0 Å². The molecule has 0 unspecified atom stereocenters. The predicted octanol–water partition coefficient (Wildman–Crippen LogP) is 4.47. The Balaban J connectivity index is 2.25. The lowest BCUT2D eigenvalue weighted by Crippen LogP contribution is -2.02. The summed E-state index contributed by atoms with van der Waals surface area (Å²) in [6.45, 7) is 0. The molecule has 1 aromatic heterocycles. The second-order valence-electron chi connectivity index (χ2n) is 4.64. The number of ether oxygens (including phenoxy) is 1. The summed E-state index contributed by atoms with van der Waals surface area (Å²) in [6, 6.07) is 13.6. The van der Waals surface area contributed by atoms with Crippen molar-refractivity contribution in [3.05, 3.63) is 53.3 Å². The molecule has 0 atom stereocenters. The quantitative estimate of drug-likeness (QED) is 0.663. The molecule has 0 aliphatic heterocycles. The molecular weight excluding hydrogens is 307 g/mol. The smallest absolute Gasteiger partial charge is 0.121 e. The number of nitrogens with zero attached hydrogens (tertiary/aromatic N) is 2. The van der Waals surface area contributed by atoms with E-state index >= 15 is 0 Å². The van der Waals surface area contributed by atoms with Crippen molar-refractivity contribution in [1.82, 2.24) is 9.55 Å². The molecule has 2 aromatic carbocycles. The number of fused-ring (bicyclic) bond motifs is 1. The van der Waals surface area contributed by atoms with Gasteiger partial charge in [-0.1, -0.05) is 17.7 Å². The molecule has 3 nitrogen and oxygen atoms in total. The van der Waals surface area contributed by atoms with Crippen molar-refractivity contribution in [2.45, 2.75) is 6.42 Å². The first-order valence-corrected chi connectivity index (χ1v) is 7.51. The largest absolute Gasteiger partial charge is 0.497 e. The fourth-order valence-electron chi connectivity index (χ4n) is 2.39. The van der Waals surface area contributed by atoms with E-state index in [4.69, 9.17) is 27.9 Å². The number of halogens is 2. The molecule has 3 rings (SSSR count). The van der Waals surface area contributed by atoms with Gasteiger partial charge in [0.15, 0.2) is 0 Å². The van der Waals surface area contributed by atoms with Crippen molar-refractivity contribution < 1.29 is 4.74 Å². The summed E-state index contributed by atoms with van der Waals surface area (Å²) < 4.78 is 7.35. The summed E-state index contributed by atoms with van der Waals surface area (Å²) in [4.78, 5) is 4.67. The normalized spacial score (nSPS) is 11.0. The van der Waals surface area contributed by atoms with Crippen LogP contribution in [-0.4, -0.2) is 22.5 Å². The Bertz CT molecular complexity index is 783. The molecule has 0 saturated carbocycles. The Hall–Kier alpha value is -1.71. The Kier molecular flexibility index (Phi) is 4.04. The number of aryl methyl sites for hydroxylation is 1. The summed E-state index contributed by atoms with van der Waals surface area (Å²) >= 11 is 12.0. The van der Waals surface area contributed by atoms with Crippen LogP contribution in [0.15, 0.2) is 42.5 Å². The van der Waals surface area contributed by atoms with E-state index in [0.717, 1.165) is 28.3 Å². The van der Waals surface area contributed by atoms with Crippen LogP contribution in [0.3, 0.4) is 0 Å². The van der Waals surface area contributed by atoms with Gasteiger partial charge in [-0.05, 0) is 30.3 Å². The first-order valence-electron chi connectivity index (χ1n) is 6.60. The molecule has 0 saturated heterocycles. The number of imidazole rings is 1. The van der Waals surface area contributed by atoms with Crippen LogP contribution in [0.5, 0.6) is 5.75 Å². The standard InChI is InChI=1S/C16H14Cl2N2O/c1-21-13-5-6-15-14(10-13)19-16(7-8-17)20(15)12-4-2-3-11(18)9-12/h2-6,9-10H,7-8H2,1H3. The molecule has 1 heterocycles. The van der Waals surface area contributed by atoms with Gasteiger partial charge in [0, 0.05) is 29.1 Å². The van der Waals surface area contributed by atoms with Gasteiger partial charge in [0.05, 0.1) is 18.1 Å². The van der Waals surface area contributed by atoms with Crippen molar-refractivity contribution in [2.75, 3.05) is 13.0 Å². The van der Waals surface area contributed by atoms with Gasteiger partial charge in [-0.15, -0.1) is 11.6 Å². The molecule has 0 spiro atoms. The highest BCUT2D eigenvalue weighted by molar-refractivity contribution is 6.30. The number of hydrogen-bond acceptors (Lipinski definition) is 2. The molecule has 0 amide bonds. The van der Waals surface area contributed by atoms with Gasteiger partial charge in [0.1, 0.15) is 11.6 Å². The molecule has 0 aliphatic carbocycles. The third-order valence-corrected chi connectivity index (χ3v) is 3.74. The van der Waals surface area contributed by atoms with Gasteiger partial charge in [-0.3, -0.25) is 4.57 Å². The topological polar surface area (TPSA) is 27.1 Å². The van der Waals surface area contributed by atoms with E-state index in [2.05, 4.69) is 9.55 Å². The zero-order valence-corrected chi connectivity index (χ0v) is 13.0. The maximum absolute atomic E-state index is 6.11.